The summed E-state index contributed by atoms with van der Waals surface area (Å²) >= 11 is 1.67. The van der Waals surface area contributed by atoms with Crippen LogP contribution < -0.4 is 10.6 Å². The van der Waals surface area contributed by atoms with Crippen LogP contribution in [0, 0.1) is 5.92 Å². The van der Waals surface area contributed by atoms with Crippen LogP contribution in [0.25, 0.3) is 5.57 Å². The van der Waals surface area contributed by atoms with Crippen LogP contribution in [0.2, 0.25) is 0 Å². The molecule has 0 saturated heterocycles. The van der Waals surface area contributed by atoms with Crippen LogP contribution in [0.15, 0.2) is 77.4 Å². The lowest BCUT2D eigenvalue weighted by Crippen LogP contribution is -2.26. The molecule has 3 aliphatic rings. The average Bonchev–Trinajstić information content (AvgIpc) is 3.17. The van der Waals surface area contributed by atoms with Crippen molar-refractivity contribution in [3.63, 3.8) is 0 Å². The fraction of sp³-hybridized carbons (Fsp3) is 0.217. The number of benzene rings is 1. The molecule has 0 saturated carbocycles. The molecule has 2 atom stereocenters. The number of hydrogen-bond acceptors (Lipinski definition) is 3. The molecule has 0 fully saturated rings. The molecule has 2 amide bonds. The van der Waals surface area contributed by atoms with Crippen LogP contribution in [0.3, 0.4) is 0 Å². The van der Waals surface area contributed by atoms with E-state index in [1.165, 1.54) is 0 Å². The number of fused-ring (bicyclic) bond motifs is 1. The predicted octanol–water partition coefficient (Wildman–Crippen LogP) is 3.97. The highest BCUT2D eigenvalue weighted by molar-refractivity contribution is 8.03. The molecule has 1 aromatic rings. The summed E-state index contributed by atoms with van der Waals surface area (Å²) in [5.41, 5.74) is 4.39. The Labute approximate surface area is 169 Å². The van der Waals surface area contributed by atoms with Gasteiger partial charge < -0.3 is 10.6 Å². The number of allylic oxidation sites excluding steroid dienone is 7. The molecule has 0 spiro atoms. The number of rotatable bonds is 4. The van der Waals surface area contributed by atoms with Crippen molar-refractivity contribution in [2.24, 2.45) is 5.92 Å². The lowest BCUT2D eigenvalue weighted by molar-refractivity contribution is -0.117. The SMILES string of the molecule is CNC(=O)C1=CSC2C=CC(c3cccc(C(=O)NC4=CC=CCC4)c3)=CC12. The van der Waals surface area contributed by atoms with Crippen molar-refractivity contribution >= 4 is 29.1 Å². The van der Waals surface area contributed by atoms with Gasteiger partial charge >= 0.3 is 0 Å². The molecule has 0 aromatic heterocycles. The van der Waals surface area contributed by atoms with Crippen LogP contribution in [0.4, 0.5) is 0 Å². The van der Waals surface area contributed by atoms with E-state index in [0.717, 1.165) is 35.2 Å². The first kappa shape index (κ1) is 18.6. The third-order valence-corrected chi connectivity index (χ3v) is 6.28. The summed E-state index contributed by atoms with van der Waals surface area (Å²) < 4.78 is 0. The van der Waals surface area contributed by atoms with Gasteiger partial charge in [-0.2, -0.15) is 0 Å². The monoisotopic (exact) mass is 390 g/mol. The molecular formula is C23H22N2O2S. The molecule has 28 heavy (non-hydrogen) atoms. The molecule has 2 unspecified atom stereocenters. The predicted molar refractivity (Wildman–Crippen MR) is 115 cm³/mol. The normalized spacial score (nSPS) is 22.7. The molecule has 4 nitrogen and oxygen atoms in total. The van der Waals surface area contributed by atoms with Crippen molar-refractivity contribution in [3.8, 4) is 0 Å². The molecule has 1 aliphatic heterocycles. The number of amides is 2. The second-order valence-corrected chi connectivity index (χ2v) is 8.01. The van der Waals surface area contributed by atoms with E-state index in [0.29, 0.717) is 5.56 Å². The van der Waals surface area contributed by atoms with Crippen LogP contribution in [-0.2, 0) is 4.79 Å². The Morgan fingerprint density at radius 2 is 2.11 bits per heavy atom. The van der Waals surface area contributed by atoms with E-state index in [1.807, 2.05) is 41.8 Å². The van der Waals surface area contributed by atoms with E-state index >= 15 is 0 Å². The zero-order valence-corrected chi connectivity index (χ0v) is 16.5. The largest absolute Gasteiger partial charge is 0.355 e. The first-order valence-electron chi connectivity index (χ1n) is 9.41. The van der Waals surface area contributed by atoms with E-state index in [2.05, 4.69) is 34.9 Å². The summed E-state index contributed by atoms with van der Waals surface area (Å²) in [6.07, 6.45) is 14.2. The highest BCUT2D eigenvalue weighted by Crippen LogP contribution is 2.42. The molecule has 0 radical (unpaired) electrons. The molecule has 1 aromatic carbocycles. The van der Waals surface area contributed by atoms with Gasteiger partial charge in [-0.1, -0.05) is 42.5 Å². The Hall–Kier alpha value is -2.79. The standard InChI is InChI=1S/C23H22N2O2S/c1-24-23(27)20-14-28-21-11-10-16(13-19(20)21)15-6-5-7-17(12-15)22(26)25-18-8-3-2-4-9-18/h2-3,5-8,10-14,19,21H,4,9H2,1H3,(H,24,27)(H,25,26). The van der Waals surface area contributed by atoms with Crippen molar-refractivity contribution in [1.29, 1.82) is 0 Å². The van der Waals surface area contributed by atoms with Crippen LogP contribution in [0.1, 0.15) is 28.8 Å². The highest BCUT2D eigenvalue weighted by Gasteiger charge is 2.33. The van der Waals surface area contributed by atoms with Gasteiger partial charge in [0.1, 0.15) is 0 Å². The minimum atomic E-state index is -0.0935. The minimum Gasteiger partial charge on any atom is -0.355 e. The Balaban J connectivity index is 1.56. The molecule has 4 rings (SSSR count). The summed E-state index contributed by atoms with van der Waals surface area (Å²) in [6.45, 7) is 0. The van der Waals surface area contributed by atoms with Gasteiger partial charge in [0, 0.05) is 35.0 Å². The van der Waals surface area contributed by atoms with Gasteiger partial charge in [0.15, 0.2) is 0 Å². The number of carbonyl (C=O) groups excluding carboxylic acids is 2. The molecular weight excluding hydrogens is 368 g/mol. The fourth-order valence-electron chi connectivity index (χ4n) is 3.60. The molecule has 5 heteroatoms. The third-order valence-electron chi connectivity index (χ3n) is 5.13. The van der Waals surface area contributed by atoms with Crippen molar-refractivity contribution in [3.05, 3.63) is 88.5 Å². The molecule has 142 valence electrons. The molecule has 2 aliphatic carbocycles. The van der Waals surface area contributed by atoms with Crippen LogP contribution in [-0.4, -0.2) is 24.1 Å². The highest BCUT2D eigenvalue weighted by atomic mass is 32.2. The number of carbonyl (C=O) groups is 2. The fourth-order valence-corrected chi connectivity index (χ4v) is 4.73. The first-order valence-corrected chi connectivity index (χ1v) is 10.3. The summed E-state index contributed by atoms with van der Waals surface area (Å²) in [5, 5.41) is 7.93. The maximum atomic E-state index is 12.6. The lowest BCUT2D eigenvalue weighted by atomic mass is 9.87. The molecule has 2 N–H and O–H groups in total. The minimum absolute atomic E-state index is 0.0335. The second kappa shape index (κ2) is 8.07. The summed E-state index contributed by atoms with van der Waals surface area (Å²) in [7, 11) is 1.66. The van der Waals surface area contributed by atoms with Gasteiger partial charge in [-0.3, -0.25) is 9.59 Å². The van der Waals surface area contributed by atoms with Gasteiger partial charge in [-0.25, -0.2) is 0 Å². The third kappa shape index (κ3) is 3.76. The maximum absolute atomic E-state index is 12.6. The Bertz CT molecular complexity index is 969. The van der Waals surface area contributed by atoms with Crippen molar-refractivity contribution < 1.29 is 9.59 Å². The topological polar surface area (TPSA) is 58.2 Å². The lowest BCUT2D eigenvalue weighted by Gasteiger charge is -2.21. The van der Waals surface area contributed by atoms with Crippen LogP contribution >= 0.6 is 11.8 Å². The summed E-state index contributed by atoms with van der Waals surface area (Å²) in [6, 6.07) is 7.64. The van der Waals surface area contributed by atoms with Gasteiger partial charge in [0.2, 0.25) is 5.91 Å². The zero-order valence-electron chi connectivity index (χ0n) is 15.6. The van der Waals surface area contributed by atoms with Gasteiger partial charge in [0.25, 0.3) is 5.91 Å². The number of nitrogens with one attached hydrogen (secondary N) is 2. The summed E-state index contributed by atoms with van der Waals surface area (Å²) in [5.74, 6) is -0.0699. The Morgan fingerprint density at radius 1 is 1.21 bits per heavy atom. The number of thioether (sulfide) groups is 1. The second-order valence-electron chi connectivity index (χ2n) is 6.95. The Morgan fingerprint density at radius 3 is 2.89 bits per heavy atom. The quantitative estimate of drug-likeness (QED) is 0.818. The Kier molecular flexibility index (Phi) is 5.35. The van der Waals surface area contributed by atoms with E-state index in [4.69, 9.17) is 0 Å². The molecule has 1 heterocycles. The van der Waals surface area contributed by atoms with Gasteiger partial charge in [-0.15, -0.1) is 11.8 Å². The van der Waals surface area contributed by atoms with Crippen LogP contribution in [0.5, 0.6) is 0 Å². The summed E-state index contributed by atoms with van der Waals surface area (Å²) in [4.78, 5) is 24.8. The van der Waals surface area contributed by atoms with Crippen molar-refractivity contribution in [2.75, 3.05) is 7.05 Å². The van der Waals surface area contributed by atoms with E-state index < -0.39 is 0 Å². The van der Waals surface area contributed by atoms with Crippen molar-refractivity contribution in [2.45, 2.75) is 18.1 Å². The number of likely N-dealkylation sites (N-methyl/N-ethyl adjacent to an activating group) is 1. The zero-order chi connectivity index (χ0) is 19.5. The van der Waals surface area contributed by atoms with Gasteiger partial charge in [-0.05, 0) is 47.6 Å². The van der Waals surface area contributed by atoms with E-state index in [1.54, 1.807) is 18.8 Å². The molecule has 0 bridgehead atoms. The van der Waals surface area contributed by atoms with Crippen molar-refractivity contribution in [1.82, 2.24) is 10.6 Å². The first-order chi connectivity index (χ1) is 13.7. The van der Waals surface area contributed by atoms with Gasteiger partial charge in [0.05, 0.1) is 0 Å². The van der Waals surface area contributed by atoms with E-state index in [9.17, 15) is 9.59 Å². The number of hydrogen-bond donors (Lipinski definition) is 2. The maximum Gasteiger partial charge on any atom is 0.255 e. The van der Waals surface area contributed by atoms with E-state index in [-0.39, 0.29) is 23.0 Å². The average molecular weight is 391 g/mol. The smallest absolute Gasteiger partial charge is 0.255 e.